The van der Waals surface area contributed by atoms with Crippen LogP contribution in [0.1, 0.15) is 29.4 Å². The van der Waals surface area contributed by atoms with E-state index in [0.29, 0.717) is 17.4 Å². The molecule has 1 aromatic heterocycles. The van der Waals surface area contributed by atoms with Crippen LogP contribution < -0.4 is 11.1 Å². The van der Waals surface area contributed by atoms with Crippen molar-refractivity contribution in [2.24, 2.45) is 0 Å². The van der Waals surface area contributed by atoms with Gasteiger partial charge in [0.1, 0.15) is 5.69 Å². The molecule has 1 aliphatic rings. The van der Waals surface area contributed by atoms with E-state index in [4.69, 9.17) is 5.73 Å². The number of hydrogen-bond donors (Lipinski definition) is 2. The van der Waals surface area contributed by atoms with Gasteiger partial charge in [-0.2, -0.15) is 0 Å². The van der Waals surface area contributed by atoms with Crippen molar-refractivity contribution in [2.75, 3.05) is 11.1 Å². The van der Waals surface area contributed by atoms with Crippen molar-refractivity contribution in [3.8, 4) is 0 Å². The van der Waals surface area contributed by atoms with Crippen molar-refractivity contribution in [1.29, 1.82) is 0 Å². The summed E-state index contributed by atoms with van der Waals surface area (Å²) in [6, 6.07) is 11.4. The summed E-state index contributed by atoms with van der Waals surface area (Å²) in [6.45, 7) is 0. The van der Waals surface area contributed by atoms with Crippen LogP contribution in [0, 0.1) is 0 Å². The molecule has 0 bridgehead atoms. The lowest BCUT2D eigenvalue weighted by Crippen LogP contribution is -2.16. The Labute approximate surface area is 105 Å². The molecule has 0 aliphatic heterocycles. The predicted octanol–water partition coefficient (Wildman–Crippen LogP) is 2.66. The van der Waals surface area contributed by atoms with Gasteiger partial charge in [-0.1, -0.05) is 0 Å². The van der Waals surface area contributed by atoms with Crippen molar-refractivity contribution in [3.63, 3.8) is 0 Å². The van der Waals surface area contributed by atoms with E-state index >= 15 is 0 Å². The average Bonchev–Trinajstić information content (AvgIpc) is 3.09. The Morgan fingerprint density at radius 2 is 1.94 bits per heavy atom. The Hall–Kier alpha value is -2.23. The van der Waals surface area contributed by atoms with E-state index in [1.807, 2.05) is 22.9 Å². The van der Waals surface area contributed by atoms with Crippen molar-refractivity contribution in [2.45, 2.75) is 18.9 Å². The van der Waals surface area contributed by atoms with Gasteiger partial charge in [0.05, 0.1) is 0 Å². The highest BCUT2D eigenvalue weighted by Crippen LogP contribution is 2.36. The molecule has 4 heteroatoms. The smallest absolute Gasteiger partial charge is 0.272 e. The second-order valence-corrected chi connectivity index (χ2v) is 4.61. The van der Waals surface area contributed by atoms with E-state index in [1.54, 1.807) is 24.3 Å². The molecule has 1 fully saturated rings. The number of anilines is 2. The molecule has 1 aromatic carbocycles. The summed E-state index contributed by atoms with van der Waals surface area (Å²) >= 11 is 0. The molecule has 18 heavy (non-hydrogen) atoms. The SMILES string of the molecule is Nc1ccc(NC(=O)c2cccn2C2CC2)cc1. The first kappa shape index (κ1) is 10.9. The first-order valence-electron chi connectivity index (χ1n) is 6.08. The molecule has 1 amide bonds. The predicted molar refractivity (Wildman–Crippen MR) is 71.5 cm³/mol. The number of carbonyl (C=O) groups is 1. The number of hydrogen-bond acceptors (Lipinski definition) is 2. The van der Waals surface area contributed by atoms with E-state index < -0.39 is 0 Å². The number of amides is 1. The molecule has 1 saturated carbocycles. The maximum atomic E-state index is 12.1. The lowest BCUT2D eigenvalue weighted by Gasteiger charge is -2.08. The Morgan fingerprint density at radius 3 is 2.61 bits per heavy atom. The lowest BCUT2D eigenvalue weighted by atomic mass is 10.3. The minimum atomic E-state index is -0.0725. The third kappa shape index (κ3) is 2.09. The van der Waals surface area contributed by atoms with E-state index in [9.17, 15) is 4.79 Å². The molecule has 0 unspecified atom stereocenters. The van der Waals surface area contributed by atoms with Crippen LogP contribution in [0.4, 0.5) is 11.4 Å². The molecule has 0 saturated heterocycles. The molecule has 0 spiro atoms. The highest BCUT2D eigenvalue weighted by atomic mass is 16.1. The number of nitrogen functional groups attached to an aromatic ring is 1. The van der Waals surface area contributed by atoms with Gasteiger partial charge >= 0.3 is 0 Å². The first-order valence-corrected chi connectivity index (χ1v) is 6.08. The van der Waals surface area contributed by atoms with Gasteiger partial charge in [-0.3, -0.25) is 4.79 Å². The summed E-state index contributed by atoms with van der Waals surface area (Å²) in [5.41, 5.74) is 7.78. The minimum Gasteiger partial charge on any atom is -0.399 e. The van der Waals surface area contributed by atoms with Gasteiger partial charge < -0.3 is 15.6 Å². The number of nitrogens with zero attached hydrogens (tertiary/aromatic N) is 1. The van der Waals surface area contributed by atoms with Crippen LogP contribution in [-0.2, 0) is 0 Å². The number of rotatable bonds is 3. The van der Waals surface area contributed by atoms with Gasteiger partial charge in [0.25, 0.3) is 5.91 Å². The number of nitrogens with two attached hydrogens (primary N) is 1. The zero-order valence-corrected chi connectivity index (χ0v) is 9.97. The highest BCUT2D eigenvalue weighted by molar-refractivity contribution is 6.03. The molecule has 1 heterocycles. The number of carbonyl (C=O) groups excluding carboxylic acids is 1. The van der Waals surface area contributed by atoms with Crippen LogP contribution in [0.5, 0.6) is 0 Å². The fourth-order valence-electron chi connectivity index (χ4n) is 2.02. The largest absolute Gasteiger partial charge is 0.399 e. The monoisotopic (exact) mass is 241 g/mol. The lowest BCUT2D eigenvalue weighted by molar-refractivity contribution is 0.101. The molecular formula is C14H15N3O. The Bertz CT molecular complexity index is 567. The summed E-state index contributed by atoms with van der Waals surface area (Å²) in [5, 5.41) is 2.88. The number of aromatic nitrogens is 1. The van der Waals surface area contributed by atoms with Crippen molar-refractivity contribution in [3.05, 3.63) is 48.3 Å². The second kappa shape index (κ2) is 4.22. The number of nitrogens with one attached hydrogen (secondary N) is 1. The topological polar surface area (TPSA) is 60.0 Å². The minimum absolute atomic E-state index is 0.0725. The quantitative estimate of drug-likeness (QED) is 0.811. The van der Waals surface area contributed by atoms with Crippen LogP contribution >= 0.6 is 0 Å². The molecule has 4 nitrogen and oxygen atoms in total. The van der Waals surface area contributed by atoms with Gasteiger partial charge in [-0.05, 0) is 49.2 Å². The molecular weight excluding hydrogens is 226 g/mol. The standard InChI is InChI=1S/C14H15N3O/c15-10-3-5-11(6-4-10)16-14(18)13-2-1-9-17(13)12-7-8-12/h1-6,9,12H,7-8,15H2,(H,16,18). The van der Waals surface area contributed by atoms with Crippen LogP contribution in [-0.4, -0.2) is 10.5 Å². The molecule has 0 atom stereocenters. The number of benzene rings is 1. The summed E-state index contributed by atoms with van der Waals surface area (Å²) in [5.74, 6) is -0.0725. The Balaban J connectivity index is 1.78. The van der Waals surface area contributed by atoms with Gasteiger partial charge in [-0.25, -0.2) is 0 Å². The van der Waals surface area contributed by atoms with E-state index in [-0.39, 0.29) is 5.91 Å². The maximum absolute atomic E-state index is 12.1. The summed E-state index contributed by atoms with van der Waals surface area (Å²) in [4.78, 5) is 12.1. The van der Waals surface area contributed by atoms with E-state index in [2.05, 4.69) is 5.32 Å². The molecule has 3 rings (SSSR count). The maximum Gasteiger partial charge on any atom is 0.272 e. The van der Waals surface area contributed by atoms with Crippen LogP contribution in [0.2, 0.25) is 0 Å². The van der Waals surface area contributed by atoms with Crippen LogP contribution in [0.25, 0.3) is 0 Å². The Kier molecular flexibility index (Phi) is 2.55. The fraction of sp³-hybridized carbons (Fsp3) is 0.214. The molecule has 3 N–H and O–H groups in total. The Morgan fingerprint density at radius 1 is 1.22 bits per heavy atom. The highest BCUT2D eigenvalue weighted by Gasteiger charge is 2.26. The van der Waals surface area contributed by atoms with E-state index in [0.717, 1.165) is 18.5 Å². The van der Waals surface area contributed by atoms with Crippen molar-refractivity contribution in [1.82, 2.24) is 4.57 Å². The third-order valence-electron chi connectivity index (χ3n) is 3.12. The molecule has 2 aromatic rings. The van der Waals surface area contributed by atoms with Gasteiger partial charge in [-0.15, -0.1) is 0 Å². The fourth-order valence-corrected chi connectivity index (χ4v) is 2.02. The first-order chi connectivity index (χ1) is 8.74. The average molecular weight is 241 g/mol. The summed E-state index contributed by atoms with van der Waals surface area (Å²) < 4.78 is 2.05. The third-order valence-corrected chi connectivity index (χ3v) is 3.12. The molecule has 92 valence electrons. The van der Waals surface area contributed by atoms with Gasteiger partial charge in [0.15, 0.2) is 0 Å². The van der Waals surface area contributed by atoms with Crippen molar-refractivity contribution < 1.29 is 4.79 Å². The van der Waals surface area contributed by atoms with Gasteiger partial charge in [0.2, 0.25) is 0 Å². The molecule has 0 radical (unpaired) electrons. The normalized spacial score (nSPS) is 14.4. The summed E-state index contributed by atoms with van der Waals surface area (Å²) in [7, 11) is 0. The van der Waals surface area contributed by atoms with Crippen LogP contribution in [0.15, 0.2) is 42.6 Å². The second-order valence-electron chi connectivity index (χ2n) is 4.61. The zero-order valence-electron chi connectivity index (χ0n) is 9.97. The molecule has 1 aliphatic carbocycles. The summed E-state index contributed by atoms with van der Waals surface area (Å²) in [6.07, 6.45) is 4.29. The zero-order chi connectivity index (χ0) is 12.5. The van der Waals surface area contributed by atoms with Crippen LogP contribution in [0.3, 0.4) is 0 Å². The van der Waals surface area contributed by atoms with Gasteiger partial charge in [0, 0.05) is 23.6 Å². The van der Waals surface area contributed by atoms with E-state index in [1.165, 1.54) is 0 Å². The van der Waals surface area contributed by atoms with Crippen molar-refractivity contribution >= 4 is 17.3 Å².